The summed E-state index contributed by atoms with van der Waals surface area (Å²) in [5.74, 6) is 0.784. The molecule has 0 fully saturated rings. The van der Waals surface area contributed by atoms with Gasteiger partial charge in [-0.3, -0.25) is 0 Å². The van der Waals surface area contributed by atoms with Crippen LogP contribution >= 0.6 is 22.9 Å². The predicted octanol–water partition coefficient (Wildman–Crippen LogP) is 6.68. The van der Waals surface area contributed by atoms with Crippen molar-refractivity contribution in [3.8, 4) is 11.1 Å². The lowest BCUT2D eigenvalue weighted by molar-refractivity contribution is 1.22. The number of anilines is 2. The summed E-state index contributed by atoms with van der Waals surface area (Å²) < 4.78 is 0. The Morgan fingerprint density at radius 2 is 1.77 bits per heavy atom. The van der Waals surface area contributed by atoms with Gasteiger partial charge in [0, 0.05) is 10.4 Å². The molecule has 0 saturated carbocycles. The average molecular weight is 380 g/mol. The van der Waals surface area contributed by atoms with Gasteiger partial charge in [-0.2, -0.15) is 0 Å². The first kappa shape index (κ1) is 17.0. The summed E-state index contributed by atoms with van der Waals surface area (Å²) in [5.41, 5.74) is 5.47. The molecule has 5 heteroatoms. The standard InChI is InChI=1S/C21H18ClN3S/c1-12-9-13(2)19(16(22)10-12)25-20-18-17(15-7-5-4-6-8-15)14(3)26-21(18)24-11-23-20/h4-11H,1-3H3,(H,23,24,25). The van der Waals surface area contributed by atoms with Crippen molar-refractivity contribution in [2.75, 3.05) is 5.32 Å². The Hall–Kier alpha value is -2.43. The molecule has 0 aliphatic heterocycles. The van der Waals surface area contributed by atoms with Gasteiger partial charge in [0.1, 0.15) is 17.0 Å². The molecule has 1 N–H and O–H groups in total. The minimum Gasteiger partial charge on any atom is -0.338 e. The number of nitrogens with zero attached hydrogens (tertiary/aromatic N) is 2. The topological polar surface area (TPSA) is 37.8 Å². The molecule has 26 heavy (non-hydrogen) atoms. The average Bonchev–Trinajstić information content (AvgIpc) is 2.95. The van der Waals surface area contributed by atoms with E-state index in [0.717, 1.165) is 32.8 Å². The van der Waals surface area contributed by atoms with Crippen LogP contribution in [0.5, 0.6) is 0 Å². The number of aryl methyl sites for hydroxylation is 3. The van der Waals surface area contributed by atoms with Crippen LogP contribution in [0.2, 0.25) is 5.02 Å². The summed E-state index contributed by atoms with van der Waals surface area (Å²) in [6, 6.07) is 14.4. The van der Waals surface area contributed by atoms with E-state index in [0.29, 0.717) is 5.02 Å². The predicted molar refractivity (Wildman–Crippen MR) is 112 cm³/mol. The SMILES string of the molecule is Cc1cc(C)c(Nc2ncnc3sc(C)c(-c4ccccc4)c23)c(Cl)c1. The molecule has 0 unspecified atom stereocenters. The second kappa shape index (κ2) is 6.71. The molecule has 3 nitrogen and oxygen atoms in total. The van der Waals surface area contributed by atoms with Crippen LogP contribution < -0.4 is 5.32 Å². The number of thiophene rings is 1. The van der Waals surface area contributed by atoms with Crippen molar-refractivity contribution in [1.29, 1.82) is 0 Å². The van der Waals surface area contributed by atoms with E-state index in [1.807, 2.05) is 19.1 Å². The van der Waals surface area contributed by atoms with Gasteiger partial charge in [0.25, 0.3) is 0 Å². The smallest absolute Gasteiger partial charge is 0.143 e. The lowest BCUT2D eigenvalue weighted by Gasteiger charge is -2.13. The maximum atomic E-state index is 6.49. The van der Waals surface area contributed by atoms with E-state index >= 15 is 0 Å². The minimum atomic E-state index is 0.697. The maximum absolute atomic E-state index is 6.49. The largest absolute Gasteiger partial charge is 0.338 e. The van der Waals surface area contributed by atoms with Crippen LogP contribution in [-0.2, 0) is 0 Å². The number of aromatic nitrogens is 2. The lowest BCUT2D eigenvalue weighted by Crippen LogP contribution is -1.99. The third-order valence-corrected chi connectivity index (χ3v) is 5.71. The number of rotatable bonds is 3. The van der Waals surface area contributed by atoms with E-state index in [1.165, 1.54) is 16.0 Å². The van der Waals surface area contributed by atoms with Crippen LogP contribution in [-0.4, -0.2) is 9.97 Å². The summed E-state index contributed by atoms with van der Waals surface area (Å²) in [6.07, 6.45) is 1.60. The van der Waals surface area contributed by atoms with E-state index in [4.69, 9.17) is 11.6 Å². The van der Waals surface area contributed by atoms with Crippen LogP contribution in [0, 0.1) is 20.8 Å². The van der Waals surface area contributed by atoms with Crippen molar-refractivity contribution in [3.05, 3.63) is 69.8 Å². The van der Waals surface area contributed by atoms with Crippen molar-refractivity contribution in [3.63, 3.8) is 0 Å². The highest BCUT2D eigenvalue weighted by Gasteiger charge is 2.18. The quantitative estimate of drug-likeness (QED) is 0.431. The van der Waals surface area contributed by atoms with Gasteiger partial charge < -0.3 is 5.32 Å². The van der Waals surface area contributed by atoms with Gasteiger partial charge in [0.15, 0.2) is 0 Å². The van der Waals surface area contributed by atoms with Crippen molar-refractivity contribution < 1.29 is 0 Å². The molecule has 0 spiro atoms. The summed E-state index contributed by atoms with van der Waals surface area (Å²) in [4.78, 5) is 11.2. The second-order valence-corrected chi connectivity index (χ2v) is 7.98. The molecule has 0 aliphatic carbocycles. The zero-order chi connectivity index (χ0) is 18.3. The number of hydrogen-bond acceptors (Lipinski definition) is 4. The third-order valence-electron chi connectivity index (χ3n) is 4.40. The molecule has 130 valence electrons. The monoisotopic (exact) mass is 379 g/mol. The Morgan fingerprint density at radius 3 is 2.50 bits per heavy atom. The molecule has 2 aromatic carbocycles. The Balaban J connectivity index is 1.92. The van der Waals surface area contributed by atoms with E-state index in [-0.39, 0.29) is 0 Å². The highest BCUT2D eigenvalue weighted by Crippen LogP contribution is 2.41. The first-order valence-electron chi connectivity index (χ1n) is 8.38. The van der Waals surface area contributed by atoms with Gasteiger partial charge in [0.2, 0.25) is 0 Å². The third kappa shape index (κ3) is 2.96. The van der Waals surface area contributed by atoms with Crippen LogP contribution in [0.3, 0.4) is 0 Å². The molecule has 0 aliphatic rings. The fourth-order valence-corrected chi connectivity index (χ4v) is 4.66. The summed E-state index contributed by atoms with van der Waals surface area (Å²) in [5, 5.41) is 5.19. The number of benzene rings is 2. The van der Waals surface area contributed by atoms with Gasteiger partial charge in [-0.05, 0) is 43.5 Å². The number of fused-ring (bicyclic) bond motifs is 1. The van der Waals surface area contributed by atoms with Crippen LogP contribution in [0.15, 0.2) is 48.8 Å². The van der Waals surface area contributed by atoms with Crippen molar-refractivity contribution in [2.45, 2.75) is 20.8 Å². The Labute approximate surface area is 161 Å². The van der Waals surface area contributed by atoms with Gasteiger partial charge >= 0.3 is 0 Å². The van der Waals surface area contributed by atoms with Gasteiger partial charge in [-0.1, -0.05) is 48.0 Å². The summed E-state index contributed by atoms with van der Waals surface area (Å²) in [7, 11) is 0. The first-order chi connectivity index (χ1) is 12.5. The molecule has 4 aromatic rings. The number of nitrogens with one attached hydrogen (secondary N) is 1. The molecule has 4 rings (SSSR count). The number of hydrogen-bond donors (Lipinski definition) is 1. The molecular weight excluding hydrogens is 362 g/mol. The van der Waals surface area contributed by atoms with Crippen molar-refractivity contribution >= 4 is 44.7 Å². The minimum absolute atomic E-state index is 0.697. The van der Waals surface area contributed by atoms with Crippen molar-refractivity contribution in [2.24, 2.45) is 0 Å². The Morgan fingerprint density at radius 1 is 1.00 bits per heavy atom. The summed E-state index contributed by atoms with van der Waals surface area (Å²) in [6.45, 7) is 6.22. The van der Waals surface area contributed by atoms with E-state index < -0.39 is 0 Å². The normalized spacial score (nSPS) is 11.1. The maximum Gasteiger partial charge on any atom is 0.143 e. The fourth-order valence-electron chi connectivity index (χ4n) is 3.28. The van der Waals surface area contributed by atoms with Gasteiger partial charge in [-0.25, -0.2) is 9.97 Å². The Kier molecular flexibility index (Phi) is 4.39. The molecule has 0 atom stereocenters. The summed E-state index contributed by atoms with van der Waals surface area (Å²) >= 11 is 8.18. The van der Waals surface area contributed by atoms with Gasteiger partial charge in [-0.15, -0.1) is 11.3 Å². The molecule has 0 amide bonds. The molecule has 0 bridgehead atoms. The molecule has 2 heterocycles. The second-order valence-electron chi connectivity index (χ2n) is 6.37. The molecular formula is C21H18ClN3S. The highest BCUT2D eigenvalue weighted by molar-refractivity contribution is 7.19. The van der Waals surface area contributed by atoms with Crippen LogP contribution in [0.25, 0.3) is 21.3 Å². The highest BCUT2D eigenvalue weighted by atomic mass is 35.5. The number of halogens is 1. The van der Waals surface area contributed by atoms with Crippen molar-refractivity contribution in [1.82, 2.24) is 9.97 Å². The molecule has 0 radical (unpaired) electrons. The molecule has 2 aromatic heterocycles. The Bertz CT molecular complexity index is 1080. The van der Waals surface area contributed by atoms with E-state index in [2.05, 4.69) is 59.5 Å². The zero-order valence-corrected chi connectivity index (χ0v) is 16.4. The lowest BCUT2D eigenvalue weighted by atomic mass is 10.0. The van der Waals surface area contributed by atoms with Crippen LogP contribution in [0.1, 0.15) is 16.0 Å². The zero-order valence-electron chi connectivity index (χ0n) is 14.8. The first-order valence-corrected chi connectivity index (χ1v) is 9.57. The fraction of sp³-hybridized carbons (Fsp3) is 0.143. The van der Waals surface area contributed by atoms with E-state index in [1.54, 1.807) is 17.7 Å². The molecule has 0 saturated heterocycles. The van der Waals surface area contributed by atoms with E-state index in [9.17, 15) is 0 Å². The van der Waals surface area contributed by atoms with Gasteiger partial charge in [0.05, 0.1) is 16.1 Å². The van der Waals surface area contributed by atoms with Crippen LogP contribution in [0.4, 0.5) is 11.5 Å².